The molecule has 0 bridgehead atoms. The van der Waals surface area contributed by atoms with Crippen LogP contribution in [0.3, 0.4) is 0 Å². The van der Waals surface area contributed by atoms with Gasteiger partial charge < -0.3 is 10.6 Å². The highest BCUT2D eigenvalue weighted by atomic mass is 32.2. The Hall–Kier alpha value is -0.760. The summed E-state index contributed by atoms with van der Waals surface area (Å²) in [5.74, 6) is 0.684. The molecule has 0 aliphatic carbocycles. The minimum Gasteiger partial charge on any atom is -0.332 e. The minimum atomic E-state index is -2.33. The second-order valence-electron chi connectivity index (χ2n) is 5.53. The Labute approximate surface area is 124 Å². The van der Waals surface area contributed by atoms with Gasteiger partial charge in [0.1, 0.15) is 0 Å². The number of thioether (sulfide) groups is 1. The van der Waals surface area contributed by atoms with Crippen molar-refractivity contribution in [3.05, 3.63) is 0 Å². The number of hydrogen-bond acceptors (Lipinski definition) is 4. The molecule has 2 aliphatic rings. The fourth-order valence-corrected chi connectivity index (χ4v) is 4.68. The maximum Gasteiger partial charge on any atom is 0.315 e. The van der Waals surface area contributed by atoms with Gasteiger partial charge in [0.05, 0.1) is 12.1 Å². The van der Waals surface area contributed by atoms with E-state index in [-0.39, 0.29) is 24.0 Å². The number of unbranched alkanes of at least 4 members (excludes halogenated alkanes) is 1. The van der Waals surface area contributed by atoms with Crippen molar-refractivity contribution in [2.45, 2.75) is 43.0 Å². The molecule has 2 heterocycles. The molecule has 2 aliphatic heterocycles. The highest BCUT2D eigenvalue weighted by Gasteiger charge is 2.42. The molecule has 2 N–H and O–H groups in total. The summed E-state index contributed by atoms with van der Waals surface area (Å²) in [6, 6.07) is 0.400. The summed E-state index contributed by atoms with van der Waals surface area (Å²) in [7, 11) is -2.33. The smallest absolute Gasteiger partial charge is 0.315 e. The molecule has 0 unspecified atom stereocenters. The maximum atomic E-state index is 11.5. The van der Waals surface area contributed by atoms with Gasteiger partial charge in [-0.25, -0.2) is 9.00 Å². The van der Waals surface area contributed by atoms with Crippen LogP contribution >= 0.6 is 11.8 Å². The van der Waals surface area contributed by atoms with Crippen LogP contribution in [0.5, 0.6) is 0 Å². The van der Waals surface area contributed by atoms with Crippen molar-refractivity contribution in [1.29, 1.82) is 0 Å². The number of hydrogen-bond donors (Lipinski definition) is 2. The lowest BCUT2D eigenvalue weighted by atomic mass is 10.0. The lowest BCUT2D eigenvalue weighted by molar-refractivity contribution is -0.117. The van der Waals surface area contributed by atoms with Crippen molar-refractivity contribution < 1.29 is 13.8 Å². The van der Waals surface area contributed by atoms with Gasteiger partial charge in [0.2, 0.25) is 0 Å². The fraction of sp³-hybridized carbons (Fsp3) is 0.833. The fourth-order valence-electron chi connectivity index (χ4n) is 2.56. The van der Waals surface area contributed by atoms with Crippen LogP contribution in [0.4, 0.5) is 4.79 Å². The first-order valence-electron chi connectivity index (χ1n) is 6.74. The molecule has 0 radical (unpaired) electrons. The van der Waals surface area contributed by atoms with Crippen LogP contribution in [0.1, 0.15) is 25.7 Å². The number of carbonyl (C=O) groups is 2. The summed E-state index contributed by atoms with van der Waals surface area (Å²) in [6.07, 6.45) is 5.95. The van der Waals surface area contributed by atoms with Gasteiger partial charge in [-0.3, -0.25) is 4.79 Å². The first kappa shape index (κ1) is 15.6. The number of rotatable bonds is 5. The number of carbonyl (C=O) groups excluding carboxylic acids is 2. The van der Waals surface area contributed by atoms with E-state index in [1.807, 2.05) is 11.8 Å². The minimum absolute atomic E-state index is 0.0695. The van der Waals surface area contributed by atoms with Gasteiger partial charge in [-0.2, -0.15) is 16.1 Å². The molecule has 6 nitrogen and oxygen atoms in total. The SMILES string of the molecule is CS(C)(=O)=NC(=O)CCCC[C@@H]1SC[C@@H]2NC(=O)N[C@@H]21. The molecule has 8 heteroatoms. The van der Waals surface area contributed by atoms with E-state index in [2.05, 4.69) is 15.0 Å². The Morgan fingerprint density at radius 2 is 2.15 bits per heavy atom. The first-order valence-corrected chi connectivity index (χ1v) is 10.1. The monoisotopic (exact) mass is 319 g/mol. The van der Waals surface area contributed by atoms with E-state index < -0.39 is 9.73 Å². The van der Waals surface area contributed by atoms with Crippen LogP contribution < -0.4 is 10.6 Å². The second-order valence-corrected chi connectivity index (χ2v) is 9.35. The molecular weight excluding hydrogens is 298 g/mol. The van der Waals surface area contributed by atoms with Crippen LogP contribution in [0.15, 0.2) is 4.36 Å². The van der Waals surface area contributed by atoms with Crippen LogP contribution in [-0.2, 0) is 14.5 Å². The van der Waals surface area contributed by atoms with Gasteiger partial charge in [0.15, 0.2) is 0 Å². The summed E-state index contributed by atoms with van der Waals surface area (Å²) in [5, 5.41) is 6.28. The normalized spacial score (nSPS) is 28.7. The van der Waals surface area contributed by atoms with Crippen molar-refractivity contribution in [1.82, 2.24) is 10.6 Å². The first-order chi connectivity index (χ1) is 9.35. The van der Waals surface area contributed by atoms with Gasteiger partial charge in [-0.15, -0.1) is 0 Å². The standard InChI is InChI=1S/C12H21N3O3S2/c1-20(2,18)15-10(16)6-4-3-5-9-11-8(7-19-9)13-12(17)14-11/h8-9,11H,3-7H2,1-2H3,(H2,13,14,17)/t8-,9-,11-/m0/s1. The lowest BCUT2D eigenvalue weighted by Gasteiger charge is -2.16. The van der Waals surface area contributed by atoms with E-state index in [9.17, 15) is 13.8 Å². The Balaban J connectivity index is 1.68. The Bertz CT molecular complexity index is 506. The summed E-state index contributed by atoms with van der Waals surface area (Å²) >= 11 is 1.87. The van der Waals surface area contributed by atoms with Crippen LogP contribution in [0, 0.1) is 0 Å². The Kier molecular flexibility index (Phi) is 4.95. The van der Waals surface area contributed by atoms with Crippen molar-refractivity contribution in [3.8, 4) is 0 Å². The van der Waals surface area contributed by atoms with Gasteiger partial charge in [-0.1, -0.05) is 6.42 Å². The van der Waals surface area contributed by atoms with E-state index in [0.717, 1.165) is 25.0 Å². The molecule has 20 heavy (non-hydrogen) atoms. The highest BCUT2D eigenvalue weighted by Crippen LogP contribution is 2.33. The third-order valence-electron chi connectivity index (χ3n) is 3.39. The number of nitrogens with zero attached hydrogens (tertiary/aromatic N) is 1. The quantitative estimate of drug-likeness (QED) is 0.584. The third kappa shape index (κ3) is 4.37. The van der Waals surface area contributed by atoms with Crippen molar-refractivity contribution in [2.24, 2.45) is 4.36 Å². The molecule has 114 valence electrons. The van der Waals surface area contributed by atoms with E-state index in [1.54, 1.807) is 0 Å². The Morgan fingerprint density at radius 3 is 2.85 bits per heavy atom. The van der Waals surface area contributed by atoms with Crippen LogP contribution in [0.2, 0.25) is 0 Å². The molecule has 0 aromatic heterocycles. The molecule has 0 saturated carbocycles. The topological polar surface area (TPSA) is 87.6 Å². The molecule has 2 fully saturated rings. The van der Waals surface area contributed by atoms with E-state index >= 15 is 0 Å². The average Bonchev–Trinajstić information content (AvgIpc) is 2.82. The molecule has 3 atom stereocenters. The van der Waals surface area contributed by atoms with E-state index in [1.165, 1.54) is 12.5 Å². The van der Waals surface area contributed by atoms with Crippen LogP contribution in [0.25, 0.3) is 0 Å². The van der Waals surface area contributed by atoms with Crippen molar-refractivity contribution in [2.75, 3.05) is 18.3 Å². The molecule has 0 aromatic carbocycles. The van der Waals surface area contributed by atoms with Gasteiger partial charge in [0, 0.05) is 39.7 Å². The number of nitrogens with one attached hydrogen (secondary N) is 2. The zero-order valence-electron chi connectivity index (χ0n) is 11.8. The summed E-state index contributed by atoms with van der Waals surface area (Å²) in [6.45, 7) is 0. The second kappa shape index (κ2) is 6.34. The number of amides is 3. The zero-order chi connectivity index (χ0) is 14.8. The number of fused-ring (bicyclic) bond motifs is 1. The maximum absolute atomic E-state index is 11.5. The average molecular weight is 319 g/mol. The molecule has 2 saturated heterocycles. The predicted molar refractivity (Wildman–Crippen MR) is 81.4 cm³/mol. The summed E-state index contributed by atoms with van der Waals surface area (Å²) in [5.41, 5.74) is 0. The van der Waals surface area contributed by atoms with Crippen molar-refractivity contribution in [3.63, 3.8) is 0 Å². The summed E-state index contributed by atoms with van der Waals surface area (Å²) in [4.78, 5) is 22.7. The molecule has 3 amide bonds. The third-order valence-corrected chi connectivity index (χ3v) is 5.54. The molecule has 2 rings (SSSR count). The predicted octanol–water partition coefficient (Wildman–Crippen LogP) is 0.966. The van der Waals surface area contributed by atoms with Gasteiger partial charge in [-0.05, 0) is 12.8 Å². The summed E-state index contributed by atoms with van der Waals surface area (Å²) < 4.78 is 15.0. The molecular formula is C12H21N3O3S2. The van der Waals surface area contributed by atoms with E-state index in [4.69, 9.17) is 0 Å². The molecule has 0 spiro atoms. The van der Waals surface area contributed by atoms with E-state index in [0.29, 0.717) is 11.7 Å². The van der Waals surface area contributed by atoms with Crippen LogP contribution in [-0.4, -0.2) is 51.7 Å². The number of urea groups is 1. The van der Waals surface area contributed by atoms with Gasteiger partial charge >= 0.3 is 6.03 Å². The van der Waals surface area contributed by atoms with Gasteiger partial charge in [0.25, 0.3) is 5.91 Å². The lowest BCUT2D eigenvalue weighted by Crippen LogP contribution is -2.36. The Morgan fingerprint density at radius 1 is 1.40 bits per heavy atom. The zero-order valence-corrected chi connectivity index (χ0v) is 13.4. The molecule has 0 aromatic rings. The largest absolute Gasteiger partial charge is 0.332 e. The van der Waals surface area contributed by atoms with Crippen molar-refractivity contribution >= 4 is 33.4 Å². The highest BCUT2D eigenvalue weighted by molar-refractivity contribution is 8.00.